The van der Waals surface area contributed by atoms with Crippen molar-refractivity contribution in [3.63, 3.8) is 0 Å². The number of sulfonamides is 1. The zero-order chi connectivity index (χ0) is 20.1. The van der Waals surface area contributed by atoms with E-state index in [0.717, 1.165) is 0 Å². The molecule has 0 unspecified atom stereocenters. The molecule has 0 bridgehead atoms. The smallest absolute Gasteiger partial charge is 0.269 e. The minimum atomic E-state index is -3.65. The summed E-state index contributed by atoms with van der Waals surface area (Å²) < 4.78 is 26.4. The van der Waals surface area contributed by atoms with Crippen molar-refractivity contribution in [3.8, 4) is 0 Å². The van der Waals surface area contributed by atoms with Gasteiger partial charge in [0.15, 0.2) is 5.03 Å². The van der Waals surface area contributed by atoms with Crippen molar-refractivity contribution in [2.75, 3.05) is 26.2 Å². The molecule has 11 heteroatoms. The lowest BCUT2D eigenvalue weighted by molar-refractivity contribution is -0.384. The summed E-state index contributed by atoms with van der Waals surface area (Å²) in [5.74, 6) is -0.237. The van der Waals surface area contributed by atoms with Gasteiger partial charge in [0.05, 0.1) is 17.4 Å². The quantitative estimate of drug-likeness (QED) is 0.453. The molecule has 0 saturated carbocycles. The Labute approximate surface area is 161 Å². The minimum Gasteiger partial charge on any atom is -0.338 e. The fraction of sp³-hybridized carbons (Fsp3) is 0.294. The first kappa shape index (κ1) is 19.7. The van der Waals surface area contributed by atoms with E-state index in [1.165, 1.54) is 35.0 Å². The van der Waals surface area contributed by atoms with Gasteiger partial charge in [-0.3, -0.25) is 14.9 Å². The summed E-state index contributed by atoms with van der Waals surface area (Å²) in [4.78, 5) is 30.5. The van der Waals surface area contributed by atoms with Gasteiger partial charge in [-0.2, -0.15) is 4.31 Å². The highest BCUT2D eigenvalue weighted by molar-refractivity contribution is 7.89. The summed E-state index contributed by atoms with van der Waals surface area (Å²) in [5.41, 5.74) is 0.645. The van der Waals surface area contributed by atoms with Gasteiger partial charge in [-0.15, -0.1) is 0 Å². The van der Waals surface area contributed by atoms with E-state index in [1.807, 2.05) is 0 Å². The highest BCUT2D eigenvalue weighted by Crippen LogP contribution is 2.16. The molecule has 1 N–H and O–H groups in total. The number of hydrogen-bond acceptors (Lipinski definition) is 6. The zero-order valence-corrected chi connectivity index (χ0v) is 15.7. The van der Waals surface area contributed by atoms with E-state index in [2.05, 4.69) is 9.97 Å². The van der Waals surface area contributed by atoms with Gasteiger partial charge in [0.1, 0.15) is 0 Å². The first-order valence-electron chi connectivity index (χ1n) is 8.58. The second-order valence-electron chi connectivity index (χ2n) is 6.18. The van der Waals surface area contributed by atoms with Gasteiger partial charge in [-0.25, -0.2) is 13.4 Å². The van der Waals surface area contributed by atoms with E-state index >= 15 is 0 Å². The molecule has 2 aromatic rings. The molecule has 0 atom stereocenters. The molecular weight excluding hydrogens is 386 g/mol. The van der Waals surface area contributed by atoms with Gasteiger partial charge in [-0.05, 0) is 30.2 Å². The monoisotopic (exact) mass is 405 g/mol. The van der Waals surface area contributed by atoms with Crippen LogP contribution in [0.15, 0.2) is 47.9 Å². The number of amides is 1. The molecule has 1 amide bonds. The number of nitrogens with one attached hydrogen (secondary N) is 1. The van der Waals surface area contributed by atoms with E-state index in [0.29, 0.717) is 25.1 Å². The van der Waals surface area contributed by atoms with Crippen LogP contribution in [0, 0.1) is 10.1 Å². The van der Waals surface area contributed by atoms with Crippen molar-refractivity contribution in [2.45, 2.75) is 11.4 Å². The molecule has 0 spiro atoms. The van der Waals surface area contributed by atoms with Crippen molar-refractivity contribution >= 4 is 27.7 Å². The lowest BCUT2D eigenvalue weighted by atomic mass is 10.2. The van der Waals surface area contributed by atoms with Gasteiger partial charge < -0.3 is 9.88 Å². The standard InChI is InChI=1S/C17H19N5O5S/c23-17(7-4-14-2-5-15(6-3-14)22(24)25)20-8-1-9-21(11-10-20)28(26,27)16-12-18-13-19-16/h2-7,12-13H,1,8-11H2,(H,18,19)/b7-4+. The molecule has 148 valence electrons. The molecule has 1 aromatic carbocycles. The number of aromatic amines is 1. The Kier molecular flexibility index (Phi) is 5.85. The van der Waals surface area contributed by atoms with Gasteiger partial charge in [0, 0.05) is 44.4 Å². The van der Waals surface area contributed by atoms with Crippen molar-refractivity contribution in [1.29, 1.82) is 0 Å². The number of benzene rings is 1. The van der Waals surface area contributed by atoms with E-state index in [9.17, 15) is 23.3 Å². The Morgan fingerprint density at radius 3 is 2.57 bits per heavy atom. The number of carbonyl (C=O) groups excluding carboxylic acids is 1. The number of hydrogen-bond donors (Lipinski definition) is 1. The highest BCUT2D eigenvalue weighted by Gasteiger charge is 2.28. The third-order valence-electron chi connectivity index (χ3n) is 4.38. The van der Waals surface area contributed by atoms with Crippen molar-refractivity contribution in [1.82, 2.24) is 19.2 Å². The van der Waals surface area contributed by atoms with Gasteiger partial charge >= 0.3 is 0 Å². The Hall–Kier alpha value is -3.05. The molecule has 1 aromatic heterocycles. The maximum atomic E-state index is 12.6. The normalized spacial score (nSPS) is 16.2. The van der Waals surface area contributed by atoms with Gasteiger partial charge in [-0.1, -0.05) is 0 Å². The zero-order valence-electron chi connectivity index (χ0n) is 14.9. The lowest BCUT2D eigenvalue weighted by Gasteiger charge is -2.20. The first-order valence-corrected chi connectivity index (χ1v) is 10.0. The number of non-ortho nitro benzene ring substituents is 1. The van der Waals surface area contributed by atoms with Crippen LogP contribution in [0.4, 0.5) is 5.69 Å². The Bertz CT molecular complexity index is 970. The molecule has 0 radical (unpaired) electrons. The average molecular weight is 405 g/mol. The summed E-state index contributed by atoms with van der Waals surface area (Å²) in [6.07, 6.45) is 6.06. The average Bonchev–Trinajstić information content (AvgIpc) is 3.11. The summed E-state index contributed by atoms with van der Waals surface area (Å²) in [7, 11) is -3.65. The van der Waals surface area contributed by atoms with E-state index in [4.69, 9.17) is 0 Å². The molecule has 3 rings (SSSR count). The Morgan fingerprint density at radius 1 is 1.18 bits per heavy atom. The van der Waals surface area contributed by atoms with Crippen LogP contribution in [0.1, 0.15) is 12.0 Å². The molecule has 1 aliphatic rings. The highest BCUT2D eigenvalue weighted by atomic mass is 32.2. The summed E-state index contributed by atoms with van der Waals surface area (Å²) >= 11 is 0. The Morgan fingerprint density at radius 2 is 1.93 bits per heavy atom. The van der Waals surface area contributed by atoms with E-state index < -0.39 is 14.9 Å². The summed E-state index contributed by atoms with van der Waals surface area (Å²) in [6.45, 7) is 1.23. The largest absolute Gasteiger partial charge is 0.338 e. The maximum absolute atomic E-state index is 12.6. The molecule has 1 aliphatic heterocycles. The number of nitro benzene ring substituents is 1. The third-order valence-corrected chi connectivity index (χ3v) is 6.20. The number of imidazole rings is 1. The minimum absolute atomic E-state index is 0.0189. The molecule has 1 fully saturated rings. The van der Waals surface area contributed by atoms with Crippen molar-refractivity contribution < 1.29 is 18.1 Å². The predicted molar refractivity (Wildman–Crippen MR) is 101 cm³/mol. The third kappa shape index (κ3) is 4.43. The van der Waals surface area contributed by atoms with Crippen LogP contribution in [0.25, 0.3) is 6.08 Å². The Balaban J connectivity index is 1.62. The van der Waals surface area contributed by atoms with Crippen LogP contribution in [-0.4, -0.2) is 64.6 Å². The van der Waals surface area contributed by atoms with Crippen LogP contribution < -0.4 is 0 Å². The molecule has 28 heavy (non-hydrogen) atoms. The number of rotatable bonds is 5. The van der Waals surface area contributed by atoms with Crippen LogP contribution in [0.5, 0.6) is 0 Å². The molecule has 10 nitrogen and oxygen atoms in total. The molecular formula is C17H19N5O5S. The second-order valence-corrected chi connectivity index (χ2v) is 8.09. The van der Waals surface area contributed by atoms with Crippen LogP contribution in [-0.2, 0) is 14.8 Å². The SMILES string of the molecule is O=C(/C=C/c1ccc([N+](=O)[O-])cc1)N1CCCN(S(=O)(=O)c2cnc[nH]2)CC1. The molecule has 0 aliphatic carbocycles. The van der Waals surface area contributed by atoms with Gasteiger partial charge in [0.2, 0.25) is 5.91 Å². The van der Waals surface area contributed by atoms with Crippen LogP contribution >= 0.6 is 0 Å². The van der Waals surface area contributed by atoms with E-state index in [1.54, 1.807) is 23.1 Å². The van der Waals surface area contributed by atoms with Gasteiger partial charge in [0.25, 0.3) is 15.7 Å². The maximum Gasteiger partial charge on any atom is 0.269 e. The van der Waals surface area contributed by atoms with Crippen molar-refractivity contribution in [2.24, 2.45) is 0 Å². The van der Waals surface area contributed by atoms with Crippen LogP contribution in [0.3, 0.4) is 0 Å². The molecule has 1 saturated heterocycles. The first-order chi connectivity index (χ1) is 13.4. The fourth-order valence-electron chi connectivity index (χ4n) is 2.86. The number of nitrogens with zero attached hydrogens (tertiary/aromatic N) is 4. The summed E-state index contributed by atoms with van der Waals surface area (Å²) in [5, 5.41) is 10.7. The number of H-pyrrole nitrogens is 1. The van der Waals surface area contributed by atoms with Crippen molar-refractivity contribution in [3.05, 3.63) is 58.5 Å². The molecule has 2 heterocycles. The summed E-state index contributed by atoms with van der Waals surface area (Å²) in [6, 6.07) is 5.86. The number of nitro groups is 1. The second kappa shape index (κ2) is 8.31. The fourth-order valence-corrected chi connectivity index (χ4v) is 4.22. The van der Waals surface area contributed by atoms with Crippen LogP contribution in [0.2, 0.25) is 0 Å². The van der Waals surface area contributed by atoms with E-state index in [-0.39, 0.29) is 29.7 Å². The topological polar surface area (TPSA) is 130 Å². The number of carbonyl (C=O) groups is 1. The number of aromatic nitrogens is 2. The predicted octanol–water partition coefficient (Wildman–Crippen LogP) is 1.25. The lowest BCUT2D eigenvalue weighted by Crippen LogP contribution is -2.36.